The van der Waals surface area contributed by atoms with E-state index >= 15 is 0 Å². The zero-order chi connectivity index (χ0) is 18.2. The number of anilines is 1. The SMILES string of the molecule is COCc1ccccc1NC(N)=NCC1CCCN1CC1CCCCC1. The van der Waals surface area contributed by atoms with E-state index in [4.69, 9.17) is 10.5 Å². The topological polar surface area (TPSA) is 62.9 Å². The Kier molecular flexibility index (Phi) is 7.32. The van der Waals surface area contributed by atoms with Crippen molar-refractivity contribution in [1.82, 2.24) is 4.90 Å². The fourth-order valence-electron chi connectivity index (χ4n) is 4.35. The molecule has 1 aromatic carbocycles. The Morgan fingerprint density at radius 1 is 1.19 bits per heavy atom. The van der Waals surface area contributed by atoms with Crippen molar-refractivity contribution in [3.05, 3.63) is 29.8 Å². The number of para-hydroxylation sites is 1. The summed E-state index contributed by atoms with van der Waals surface area (Å²) < 4.78 is 5.25. The van der Waals surface area contributed by atoms with Crippen LogP contribution in [-0.2, 0) is 11.3 Å². The maximum Gasteiger partial charge on any atom is 0.193 e. The van der Waals surface area contributed by atoms with Crippen LogP contribution in [0.15, 0.2) is 29.3 Å². The second-order valence-corrected chi connectivity index (χ2v) is 7.74. The molecule has 1 aromatic rings. The molecule has 0 spiro atoms. The van der Waals surface area contributed by atoms with E-state index in [1.165, 1.54) is 58.0 Å². The van der Waals surface area contributed by atoms with E-state index in [1.807, 2.05) is 24.3 Å². The van der Waals surface area contributed by atoms with Gasteiger partial charge in [-0.15, -0.1) is 0 Å². The van der Waals surface area contributed by atoms with Gasteiger partial charge in [-0.05, 0) is 44.2 Å². The number of rotatable bonds is 7. The smallest absolute Gasteiger partial charge is 0.193 e. The number of aliphatic imine (C=N–C) groups is 1. The number of likely N-dealkylation sites (tertiary alicyclic amines) is 1. The van der Waals surface area contributed by atoms with Crippen molar-refractivity contribution >= 4 is 11.6 Å². The van der Waals surface area contributed by atoms with Crippen LogP contribution < -0.4 is 11.1 Å². The summed E-state index contributed by atoms with van der Waals surface area (Å²) in [6, 6.07) is 8.61. The van der Waals surface area contributed by atoms with Crippen molar-refractivity contribution in [2.24, 2.45) is 16.6 Å². The summed E-state index contributed by atoms with van der Waals surface area (Å²) in [6.45, 7) is 3.83. The minimum atomic E-state index is 0.498. The standard InChI is InChI=1S/C21H34N4O/c1-26-16-18-10-5-6-12-20(18)24-21(22)23-14-19-11-7-13-25(19)15-17-8-3-2-4-9-17/h5-6,10,12,17,19H,2-4,7-9,11,13-16H2,1H3,(H3,22,23,24). The van der Waals surface area contributed by atoms with Crippen LogP contribution in [0.4, 0.5) is 5.69 Å². The molecule has 1 aliphatic carbocycles. The van der Waals surface area contributed by atoms with Gasteiger partial charge in [0.2, 0.25) is 0 Å². The van der Waals surface area contributed by atoms with Crippen molar-refractivity contribution in [1.29, 1.82) is 0 Å². The maximum atomic E-state index is 6.16. The number of nitrogens with two attached hydrogens (primary N) is 1. The van der Waals surface area contributed by atoms with Gasteiger partial charge in [0.25, 0.3) is 0 Å². The molecule has 1 heterocycles. The lowest BCUT2D eigenvalue weighted by atomic mass is 9.89. The van der Waals surface area contributed by atoms with Gasteiger partial charge in [0, 0.05) is 30.9 Å². The van der Waals surface area contributed by atoms with Crippen LogP contribution in [0.2, 0.25) is 0 Å². The highest BCUT2D eigenvalue weighted by Crippen LogP contribution is 2.27. The minimum absolute atomic E-state index is 0.498. The third-order valence-corrected chi connectivity index (χ3v) is 5.77. The Bertz CT molecular complexity index is 583. The molecule has 1 unspecified atom stereocenters. The monoisotopic (exact) mass is 358 g/mol. The average molecular weight is 359 g/mol. The molecule has 5 heteroatoms. The Hall–Kier alpha value is -1.59. The van der Waals surface area contributed by atoms with Gasteiger partial charge in [0.15, 0.2) is 5.96 Å². The summed E-state index contributed by atoms with van der Waals surface area (Å²) in [5.41, 5.74) is 8.22. The van der Waals surface area contributed by atoms with Crippen molar-refractivity contribution in [3.63, 3.8) is 0 Å². The summed E-state index contributed by atoms with van der Waals surface area (Å²) >= 11 is 0. The van der Waals surface area contributed by atoms with Crippen LogP contribution in [0.1, 0.15) is 50.5 Å². The molecule has 0 aromatic heterocycles. The van der Waals surface area contributed by atoms with Crippen LogP contribution in [0.3, 0.4) is 0 Å². The van der Waals surface area contributed by atoms with Gasteiger partial charge in [-0.3, -0.25) is 9.89 Å². The molecule has 0 amide bonds. The first-order valence-electron chi connectivity index (χ1n) is 10.1. The Labute approximate surface area is 158 Å². The van der Waals surface area contributed by atoms with Gasteiger partial charge in [-0.1, -0.05) is 37.5 Å². The Morgan fingerprint density at radius 3 is 2.81 bits per heavy atom. The van der Waals surface area contributed by atoms with Crippen molar-refractivity contribution in [3.8, 4) is 0 Å². The molecule has 3 N–H and O–H groups in total. The molecule has 3 rings (SSSR count). The van der Waals surface area contributed by atoms with Gasteiger partial charge < -0.3 is 15.8 Å². The average Bonchev–Trinajstić information content (AvgIpc) is 3.10. The second kappa shape index (κ2) is 9.93. The van der Waals surface area contributed by atoms with Crippen LogP contribution >= 0.6 is 0 Å². The molecule has 0 bridgehead atoms. The lowest BCUT2D eigenvalue weighted by molar-refractivity contribution is 0.185. The predicted molar refractivity (Wildman–Crippen MR) is 108 cm³/mol. The molecule has 5 nitrogen and oxygen atoms in total. The van der Waals surface area contributed by atoms with Crippen LogP contribution in [0.25, 0.3) is 0 Å². The molecular weight excluding hydrogens is 324 g/mol. The van der Waals surface area contributed by atoms with E-state index in [-0.39, 0.29) is 0 Å². The fourth-order valence-corrected chi connectivity index (χ4v) is 4.35. The van der Waals surface area contributed by atoms with Crippen molar-refractivity contribution in [2.45, 2.75) is 57.6 Å². The van der Waals surface area contributed by atoms with Gasteiger partial charge in [-0.25, -0.2) is 0 Å². The number of nitrogens with one attached hydrogen (secondary N) is 1. The summed E-state index contributed by atoms with van der Waals surface area (Å²) in [5, 5.41) is 3.24. The normalized spacial score (nSPS) is 22.7. The third-order valence-electron chi connectivity index (χ3n) is 5.77. The molecule has 2 aliphatic rings. The molecule has 144 valence electrons. The van der Waals surface area contributed by atoms with Gasteiger partial charge in [-0.2, -0.15) is 0 Å². The van der Waals surface area contributed by atoms with Crippen LogP contribution in [0, 0.1) is 5.92 Å². The highest BCUT2D eigenvalue weighted by atomic mass is 16.5. The van der Waals surface area contributed by atoms with Gasteiger partial charge in [0.1, 0.15) is 0 Å². The molecule has 1 saturated carbocycles. The van der Waals surface area contributed by atoms with Gasteiger partial charge >= 0.3 is 0 Å². The number of methoxy groups -OCH3 is 1. The van der Waals surface area contributed by atoms with E-state index in [0.717, 1.165) is 23.7 Å². The zero-order valence-corrected chi connectivity index (χ0v) is 16.1. The first-order valence-corrected chi connectivity index (χ1v) is 10.1. The molecular formula is C21H34N4O. The quantitative estimate of drug-likeness (QED) is 0.577. The maximum absolute atomic E-state index is 6.16. The molecule has 1 atom stereocenters. The van der Waals surface area contributed by atoms with Crippen LogP contribution in [0.5, 0.6) is 0 Å². The molecule has 1 aliphatic heterocycles. The lowest BCUT2D eigenvalue weighted by Crippen LogP contribution is -2.37. The van der Waals surface area contributed by atoms with E-state index in [2.05, 4.69) is 15.2 Å². The molecule has 2 fully saturated rings. The first-order chi connectivity index (χ1) is 12.8. The van der Waals surface area contributed by atoms with E-state index in [9.17, 15) is 0 Å². The second-order valence-electron chi connectivity index (χ2n) is 7.74. The predicted octanol–water partition coefficient (Wildman–Crippen LogP) is 3.60. The van der Waals surface area contributed by atoms with Crippen molar-refractivity contribution < 1.29 is 4.74 Å². The molecule has 0 radical (unpaired) electrons. The Balaban J connectivity index is 1.52. The van der Waals surface area contributed by atoms with E-state index < -0.39 is 0 Å². The first kappa shape index (κ1) is 19.2. The van der Waals surface area contributed by atoms with E-state index in [0.29, 0.717) is 18.6 Å². The largest absolute Gasteiger partial charge is 0.380 e. The fraction of sp³-hybridized carbons (Fsp3) is 0.667. The van der Waals surface area contributed by atoms with Crippen LogP contribution in [-0.4, -0.2) is 43.6 Å². The molecule has 1 saturated heterocycles. The summed E-state index contributed by atoms with van der Waals surface area (Å²) in [4.78, 5) is 7.31. The number of guanidine groups is 1. The summed E-state index contributed by atoms with van der Waals surface area (Å²) in [6.07, 6.45) is 9.61. The Morgan fingerprint density at radius 2 is 2.00 bits per heavy atom. The number of hydrogen-bond acceptors (Lipinski definition) is 3. The lowest BCUT2D eigenvalue weighted by Gasteiger charge is -2.30. The zero-order valence-electron chi connectivity index (χ0n) is 16.1. The number of ether oxygens (including phenoxy) is 1. The summed E-state index contributed by atoms with van der Waals surface area (Å²) in [7, 11) is 1.70. The minimum Gasteiger partial charge on any atom is -0.380 e. The van der Waals surface area contributed by atoms with Crippen molar-refractivity contribution in [2.75, 3.05) is 32.1 Å². The number of nitrogens with zero attached hydrogens (tertiary/aromatic N) is 2. The highest BCUT2D eigenvalue weighted by molar-refractivity contribution is 5.92. The summed E-state index contributed by atoms with van der Waals surface area (Å²) in [5.74, 6) is 1.39. The molecule has 26 heavy (non-hydrogen) atoms. The van der Waals surface area contributed by atoms with Gasteiger partial charge in [0.05, 0.1) is 13.2 Å². The third kappa shape index (κ3) is 5.45. The van der Waals surface area contributed by atoms with E-state index in [1.54, 1.807) is 7.11 Å². The highest BCUT2D eigenvalue weighted by Gasteiger charge is 2.27. The number of hydrogen-bond donors (Lipinski definition) is 2. The number of benzene rings is 1.